The first-order valence-electron chi connectivity index (χ1n) is 5.27. The van der Waals surface area contributed by atoms with E-state index < -0.39 is 22.6 Å². The van der Waals surface area contributed by atoms with Crippen molar-refractivity contribution in [3.8, 4) is 0 Å². The second-order valence-electron chi connectivity index (χ2n) is 3.98. The van der Waals surface area contributed by atoms with Crippen LogP contribution in [0.1, 0.15) is 62.2 Å². The number of halogens is 2. The quantitative estimate of drug-likeness (QED) is 0.632. The van der Waals surface area contributed by atoms with Gasteiger partial charge in [0.05, 0.1) is 10.6 Å². The van der Waals surface area contributed by atoms with Crippen LogP contribution in [0.5, 0.6) is 0 Å². The summed E-state index contributed by atoms with van der Waals surface area (Å²) in [5.74, 6) is -1.45. The van der Waals surface area contributed by atoms with E-state index in [9.17, 15) is 19.2 Å². The van der Waals surface area contributed by atoms with E-state index in [1.54, 1.807) is 0 Å². The maximum atomic E-state index is 11.6. The molecule has 0 aromatic heterocycles. The predicted molar refractivity (Wildman–Crippen MR) is 71.6 cm³/mol. The zero-order valence-corrected chi connectivity index (χ0v) is 12.0. The molecule has 0 heterocycles. The third-order valence-electron chi connectivity index (χ3n) is 2.56. The Kier molecular flexibility index (Phi) is 4.61. The van der Waals surface area contributed by atoms with Crippen molar-refractivity contribution in [1.29, 1.82) is 0 Å². The first kappa shape index (κ1) is 15.5. The van der Waals surface area contributed by atoms with Gasteiger partial charge in [-0.2, -0.15) is 0 Å². The van der Waals surface area contributed by atoms with Crippen LogP contribution in [0.15, 0.2) is 6.07 Å². The molecule has 0 N–H and O–H groups in total. The van der Waals surface area contributed by atoms with Crippen LogP contribution in [0.25, 0.3) is 0 Å². The Morgan fingerprint density at radius 1 is 0.842 bits per heavy atom. The summed E-state index contributed by atoms with van der Waals surface area (Å²) in [6.45, 7) is 3.63. The first-order chi connectivity index (χ1) is 8.68. The Hall–Kier alpha value is -1.52. The first-order valence-corrected chi connectivity index (χ1v) is 6.03. The van der Waals surface area contributed by atoms with Crippen LogP contribution < -0.4 is 0 Å². The molecule has 0 saturated carbocycles. The van der Waals surface area contributed by atoms with E-state index in [2.05, 4.69) is 0 Å². The minimum Gasteiger partial charge on any atom is -0.294 e. The van der Waals surface area contributed by atoms with E-state index >= 15 is 0 Å². The van der Waals surface area contributed by atoms with Gasteiger partial charge in [0.25, 0.3) is 5.24 Å². The van der Waals surface area contributed by atoms with Crippen molar-refractivity contribution in [3.05, 3.63) is 33.3 Å². The fraction of sp³-hybridized carbons (Fsp3) is 0.231. The maximum absolute atomic E-state index is 11.6. The third kappa shape index (κ3) is 2.91. The van der Waals surface area contributed by atoms with Crippen molar-refractivity contribution >= 4 is 45.8 Å². The average Bonchev–Trinajstić information content (AvgIpc) is 2.26. The molecule has 0 radical (unpaired) electrons. The molecule has 0 bridgehead atoms. The molecule has 0 fully saturated rings. The lowest BCUT2D eigenvalue weighted by atomic mass is 9.91. The van der Waals surface area contributed by atoms with Gasteiger partial charge in [-0.05, 0) is 38.4 Å². The maximum Gasteiger partial charge on any atom is 0.253 e. The Morgan fingerprint density at radius 2 is 1.32 bits per heavy atom. The molecule has 1 rings (SSSR count). The van der Waals surface area contributed by atoms with E-state index in [4.69, 9.17) is 23.2 Å². The number of carbonyl (C=O) groups is 4. The number of benzene rings is 1. The average molecular weight is 301 g/mol. The van der Waals surface area contributed by atoms with E-state index in [-0.39, 0.29) is 27.3 Å². The number of ketones is 3. The third-order valence-corrected chi connectivity index (χ3v) is 3.16. The van der Waals surface area contributed by atoms with Crippen LogP contribution in [0.4, 0.5) is 0 Å². The second kappa shape index (κ2) is 5.63. The summed E-state index contributed by atoms with van der Waals surface area (Å²) in [6, 6.07) is 1.14. The largest absolute Gasteiger partial charge is 0.294 e. The summed E-state index contributed by atoms with van der Waals surface area (Å²) in [4.78, 5) is 46.1. The van der Waals surface area contributed by atoms with Crippen LogP contribution in [-0.4, -0.2) is 22.6 Å². The fourth-order valence-electron chi connectivity index (χ4n) is 1.78. The number of rotatable bonds is 4. The number of hydrogen-bond acceptors (Lipinski definition) is 4. The summed E-state index contributed by atoms with van der Waals surface area (Å²) in [5.41, 5.74) is -0.424. The molecule has 0 unspecified atom stereocenters. The van der Waals surface area contributed by atoms with E-state index in [1.807, 2.05) is 0 Å². The van der Waals surface area contributed by atoms with Gasteiger partial charge in [0.2, 0.25) is 0 Å². The topological polar surface area (TPSA) is 68.3 Å². The summed E-state index contributed by atoms with van der Waals surface area (Å²) in [7, 11) is 0. The van der Waals surface area contributed by atoms with Gasteiger partial charge in [-0.1, -0.05) is 11.6 Å². The normalized spacial score (nSPS) is 10.2. The Balaban J connectivity index is 3.94. The second-order valence-corrected chi connectivity index (χ2v) is 4.70. The number of Topliss-reactive ketones (excluding diaryl/α,β-unsaturated/α-hetero) is 3. The van der Waals surface area contributed by atoms with Crippen LogP contribution in [-0.2, 0) is 0 Å². The predicted octanol–water partition coefficient (Wildman–Crippen LogP) is 3.33. The smallest absolute Gasteiger partial charge is 0.253 e. The van der Waals surface area contributed by atoms with Gasteiger partial charge in [-0.15, -0.1) is 0 Å². The minimum atomic E-state index is -0.898. The molecule has 1 aromatic rings. The van der Waals surface area contributed by atoms with Gasteiger partial charge in [-0.25, -0.2) is 0 Å². The van der Waals surface area contributed by atoms with Gasteiger partial charge in [-0.3, -0.25) is 19.2 Å². The molecule has 19 heavy (non-hydrogen) atoms. The van der Waals surface area contributed by atoms with Gasteiger partial charge < -0.3 is 0 Å². The molecule has 0 saturated heterocycles. The fourth-order valence-corrected chi connectivity index (χ4v) is 2.34. The summed E-state index contributed by atoms with van der Waals surface area (Å²) in [5, 5.41) is -1.10. The lowest BCUT2D eigenvalue weighted by Gasteiger charge is -2.13. The molecule has 0 aliphatic rings. The van der Waals surface area contributed by atoms with Gasteiger partial charge >= 0.3 is 0 Å². The summed E-state index contributed by atoms with van der Waals surface area (Å²) >= 11 is 11.3. The molecule has 0 amide bonds. The molecule has 0 aliphatic heterocycles. The molecule has 4 nitrogen and oxygen atoms in total. The van der Waals surface area contributed by atoms with E-state index in [0.29, 0.717) is 0 Å². The highest BCUT2D eigenvalue weighted by Gasteiger charge is 2.26. The number of hydrogen-bond donors (Lipinski definition) is 0. The van der Waals surface area contributed by atoms with Crippen LogP contribution in [0.2, 0.25) is 5.02 Å². The Labute approximate surface area is 119 Å². The Bertz CT molecular complexity index is 618. The van der Waals surface area contributed by atoms with Crippen molar-refractivity contribution in [2.45, 2.75) is 20.8 Å². The van der Waals surface area contributed by atoms with Crippen molar-refractivity contribution in [2.75, 3.05) is 0 Å². The Morgan fingerprint density at radius 3 is 1.63 bits per heavy atom. The monoisotopic (exact) mass is 300 g/mol. The van der Waals surface area contributed by atoms with Crippen LogP contribution in [0.3, 0.4) is 0 Å². The highest BCUT2D eigenvalue weighted by Crippen LogP contribution is 2.30. The van der Waals surface area contributed by atoms with E-state index in [0.717, 1.165) is 6.07 Å². The molecule has 0 atom stereocenters. The highest BCUT2D eigenvalue weighted by atomic mass is 35.5. The highest BCUT2D eigenvalue weighted by molar-refractivity contribution is 6.69. The minimum absolute atomic E-state index is 0.0360. The van der Waals surface area contributed by atoms with Crippen molar-refractivity contribution in [2.24, 2.45) is 0 Å². The van der Waals surface area contributed by atoms with E-state index in [1.165, 1.54) is 20.8 Å². The lowest BCUT2D eigenvalue weighted by Crippen LogP contribution is -2.14. The summed E-state index contributed by atoms with van der Waals surface area (Å²) in [6.07, 6.45) is 0. The SMILES string of the molecule is CC(=O)c1cc(C(=O)Cl)c(Cl)c(C(C)=O)c1C(C)=O. The van der Waals surface area contributed by atoms with Crippen molar-refractivity contribution in [3.63, 3.8) is 0 Å². The standard InChI is InChI=1S/C13H10Cl2O4/c1-5(16)8-4-9(13(15)19)12(14)11(7(3)18)10(8)6(2)17/h4H,1-3H3. The van der Waals surface area contributed by atoms with Gasteiger partial charge in [0.1, 0.15) is 0 Å². The molecule has 0 aliphatic carbocycles. The lowest BCUT2D eigenvalue weighted by molar-refractivity contribution is 0.0967. The van der Waals surface area contributed by atoms with Crippen LogP contribution >= 0.6 is 23.2 Å². The molecule has 6 heteroatoms. The zero-order chi connectivity index (χ0) is 14.9. The molecular weight excluding hydrogens is 291 g/mol. The molecule has 0 spiro atoms. The van der Waals surface area contributed by atoms with Gasteiger partial charge in [0.15, 0.2) is 17.3 Å². The van der Waals surface area contributed by atoms with Crippen LogP contribution in [0, 0.1) is 0 Å². The summed E-state index contributed by atoms with van der Waals surface area (Å²) < 4.78 is 0. The molecule has 100 valence electrons. The molecule has 1 aromatic carbocycles. The van der Waals surface area contributed by atoms with Gasteiger partial charge in [0, 0.05) is 16.7 Å². The van der Waals surface area contributed by atoms with Crippen molar-refractivity contribution in [1.82, 2.24) is 0 Å². The van der Waals surface area contributed by atoms with Crippen molar-refractivity contribution < 1.29 is 19.2 Å². The number of carbonyl (C=O) groups excluding carboxylic acids is 4. The molecular formula is C13H10Cl2O4. The zero-order valence-electron chi connectivity index (χ0n) is 10.5.